The van der Waals surface area contributed by atoms with Crippen molar-refractivity contribution in [2.75, 3.05) is 72.6 Å². The highest BCUT2D eigenvalue weighted by molar-refractivity contribution is 9.11. The highest BCUT2D eigenvalue weighted by Gasteiger charge is 2.51. The third-order valence-electron chi connectivity index (χ3n) is 22.2. The van der Waals surface area contributed by atoms with Crippen molar-refractivity contribution in [1.82, 2.24) is 0 Å². The summed E-state index contributed by atoms with van der Waals surface area (Å²) in [6.07, 6.45) is 5.18. The molecule has 2 N–H and O–H groups in total. The van der Waals surface area contributed by atoms with Gasteiger partial charge in [0.2, 0.25) is 0 Å². The second kappa shape index (κ2) is 38.0. The molecule has 0 aliphatic carbocycles. The SMILES string of the molecule is CC1(C)COc2ccc(Br)c3c2B(OC3CN)O1.CCC1OB2OC(C)(C)COc3ccc(Cl)c1c32.CCC1OB2OC(C)COc3ccc(Br)c1c32.CCC1OB2OC(C)COc3ccc(Cl)c1c32.CCC1OB2OCCOc3ccc(Br)c1c32.CCC1OB2OCCOc3ccc(Cl)c1c32.CCC1OB2OCCOc3ccc(F)c1c32. The van der Waals surface area contributed by atoms with E-state index in [4.69, 9.17) is 139 Å². The van der Waals surface area contributed by atoms with E-state index in [1.54, 1.807) is 6.07 Å². The summed E-state index contributed by atoms with van der Waals surface area (Å²) in [5, 5.41) is 2.21. The first-order valence-electron chi connectivity index (χ1n) is 40.8. The Bertz CT molecular complexity index is 4450. The van der Waals surface area contributed by atoms with Gasteiger partial charge in [-0.3, -0.25) is 0 Å². The summed E-state index contributed by atoms with van der Waals surface area (Å²) in [5.74, 6) is 5.61. The number of hydrogen-bond donors (Lipinski definition) is 1. The number of hydrogen-bond acceptors (Lipinski definition) is 22. The van der Waals surface area contributed by atoms with Crippen molar-refractivity contribution in [2.24, 2.45) is 5.73 Å². The maximum absolute atomic E-state index is 13.8. The van der Waals surface area contributed by atoms with Crippen LogP contribution in [-0.2, 0) is 65.2 Å². The van der Waals surface area contributed by atoms with Gasteiger partial charge in [-0.05, 0) is 182 Å². The van der Waals surface area contributed by atoms with Crippen LogP contribution in [0, 0.1) is 5.82 Å². The zero-order chi connectivity index (χ0) is 83.2. The van der Waals surface area contributed by atoms with Gasteiger partial charge in [0.05, 0.1) is 86.0 Å². The van der Waals surface area contributed by atoms with Crippen molar-refractivity contribution in [1.29, 1.82) is 0 Å². The Balaban J connectivity index is 0.000000108. The predicted molar refractivity (Wildman–Crippen MR) is 466 cm³/mol. The van der Waals surface area contributed by atoms with Crippen LogP contribution in [0.5, 0.6) is 40.2 Å². The smallest absolute Gasteiger partial charge is 0.492 e. The minimum Gasteiger partial charge on any atom is -0.492 e. The molecular formula is C82H95B7Br3Cl3FNO21. The Morgan fingerprint density at radius 1 is 0.339 bits per heavy atom. The molecule has 7 aromatic rings. The highest BCUT2D eigenvalue weighted by atomic mass is 79.9. The van der Waals surface area contributed by atoms with Gasteiger partial charge in [0, 0.05) is 95.5 Å². The molecule has 14 heterocycles. The van der Waals surface area contributed by atoms with Gasteiger partial charge in [-0.15, -0.1) is 0 Å². The van der Waals surface area contributed by atoms with Crippen LogP contribution in [-0.4, -0.2) is 146 Å². The van der Waals surface area contributed by atoms with E-state index < -0.39 is 14.2 Å². The molecule has 14 aliphatic heterocycles. The molecule has 22 nitrogen and oxygen atoms in total. The van der Waals surface area contributed by atoms with E-state index in [0.29, 0.717) is 83.9 Å². The van der Waals surface area contributed by atoms with Crippen LogP contribution in [0.3, 0.4) is 0 Å². The first kappa shape index (κ1) is 88.1. The quantitative estimate of drug-likeness (QED) is 0.147. The van der Waals surface area contributed by atoms with Crippen molar-refractivity contribution in [3.05, 3.63) is 158 Å². The summed E-state index contributed by atoms with van der Waals surface area (Å²) in [6.45, 7) is 30.2. The highest BCUT2D eigenvalue weighted by Crippen LogP contribution is 2.45. The Hall–Kier alpha value is -4.77. The Morgan fingerprint density at radius 3 is 1.00 bits per heavy atom. The molecule has 0 spiro atoms. The molecular weight excluding hydrogens is 1780 g/mol. The third-order valence-corrected chi connectivity index (χ3v) is 25.3. The fourth-order valence-electron chi connectivity index (χ4n) is 16.7. The minimum absolute atomic E-state index is 0.00468. The number of rotatable bonds is 7. The largest absolute Gasteiger partial charge is 0.499 e. The van der Waals surface area contributed by atoms with E-state index >= 15 is 0 Å². The van der Waals surface area contributed by atoms with Crippen LogP contribution in [0.2, 0.25) is 15.1 Å². The fourth-order valence-corrected chi connectivity index (χ4v) is 19.4. The van der Waals surface area contributed by atoms with Crippen molar-refractivity contribution in [3.63, 3.8) is 0 Å². The molecule has 0 aromatic heterocycles. The first-order valence-corrected chi connectivity index (χ1v) is 44.3. The summed E-state index contributed by atoms with van der Waals surface area (Å²) < 4.78 is 139. The summed E-state index contributed by atoms with van der Waals surface area (Å²) in [5.41, 5.74) is 18.9. The van der Waals surface area contributed by atoms with Gasteiger partial charge in [0.25, 0.3) is 0 Å². The lowest BCUT2D eigenvalue weighted by Crippen LogP contribution is -2.40. The van der Waals surface area contributed by atoms with Gasteiger partial charge in [0.1, 0.15) is 92.3 Å². The minimum atomic E-state index is -0.465. The maximum atomic E-state index is 13.8. The molecule has 9 atom stereocenters. The van der Waals surface area contributed by atoms with E-state index in [2.05, 4.69) is 82.4 Å². The number of ether oxygens (including phenoxy) is 7. The van der Waals surface area contributed by atoms with Gasteiger partial charge >= 0.3 is 49.8 Å². The molecule has 9 unspecified atom stereocenters. The topological polar surface area (TPSA) is 220 Å². The monoisotopic (exact) mass is 1870 g/mol. The predicted octanol–water partition coefficient (Wildman–Crippen LogP) is 14.2. The molecule has 36 heteroatoms. The zero-order valence-corrected chi connectivity index (χ0v) is 75.2. The van der Waals surface area contributed by atoms with Crippen LogP contribution in [0.4, 0.5) is 4.39 Å². The van der Waals surface area contributed by atoms with Gasteiger partial charge in [0.15, 0.2) is 0 Å². The number of nitrogens with two attached hydrogens (primary N) is 1. The van der Waals surface area contributed by atoms with E-state index in [0.717, 1.165) is 162 Å². The normalized spacial score (nSPS) is 24.3. The standard InChI is InChI=1S/C13H16BClO3.C12H15BBrNO3.C12H14BBrO3.C12H14BClO3.C11H12BBrO3.C11H12BClO3.C11H12BFO3/c1-4-9-11-8(15)5-6-10-12(11)14(17-9)18-13(2,3)7-16-10;1-12(2)6-16-8-4-3-7(14)10-9(5-15)17-13(18-12)11(8)10;2*1-3-9-11-8(14)4-5-10-12(11)13(17-9)16-7(2)6-15-10;3*1-2-8-10-7(13)3-4-9-11(10)12(16-8)15-6-5-14-9/h5-6,9H,4,7H2,1-3H3;3-4,9H,5-6,15H2,1-2H3;2*4-5,7,9H,3,6H2,1-2H3;3*3-4,8H,2,5-6H2,1H3. The van der Waals surface area contributed by atoms with Crippen LogP contribution in [0.25, 0.3) is 0 Å². The van der Waals surface area contributed by atoms with Crippen LogP contribution in [0.15, 0.2) is 98.3 Å². The Labute approximate surface area is 732 Å². The summed E-state index contributed by atoms with van der Waals surface area (Å²) in [7, 11) is -2.39. The Kier molecular flexibility index (Phi) is 28.4. The van der Waals surface area contributed by atoms with Crippen molar-refractivity contribution in [3.8, 4) is 40.2 Å². The molecule has 14 aliphatic rings. The maximum Gasteiger partial charge on any atom is 0.499 e. The lowest BCUT2D eigenvalue weighted by atomic mass is 9.77. The lowest BCUT2D eigenvalue weighted by molar-refractivity contribution is 0.0267. The Morgan fingerprint density at radius 2 is 0.610 bits per heavy atom. The van der Waals surface area contributed by atoms with Gasteiger partial charge in [-0.1, -0.05) is 124 Å². The molecule has 0 bridgehead atoms. The molecule has 7 aromatic carbocycles. The molecule has 118 heavy (non-hydrogen) atoms. The van der Waals surface area contributed by atoms with E-state index in [1.165, 1.54) is 17.2 Å². The van der Waals surface area contributed by atoms with E-state index in [1.807, 2.05) is 121 Å². The third kappa shape index (κ3) is 18.1. The summed E-state index contributed by atoms with van der Waals surface area (Å²) in [4.78, 5) is 0. The lowest BCUT2D eigenvalue weighted by Gasteiger charge is -2.25. The zero-order valence-electron chi connectivity index (χ0n) is 68.1. The van der Waals surface area contributed by atoms with Crippen molar-refractivity contribution < 1.29 is 103 Å². The molecule has 0 amide bonds. The fraction of sp³-hybridized carbons (Fsp3) is 0.488. The van der Waals surface area contributed by atoms with Crippen LogP contribution in [0.1, 0.15) is 203 Å². The van der Waals surface area contributed by atoms with Crippen molar-refractivity contribution in [2.45, 2.75) is 188 Å². The second-order valence-corrected chi connectivity index (χ2v) is 35.3. The average molecular weight is 1870 g/mol. The summed E-state index contributed by atoms with van der Waals surface area (Å²) >= 11 is 29.5. The molecule has 0 saturated heterocycles. The van der Waals surface area contributed by atoms with Gasteiger partial charge in [-0.2, -0.15) is 0 Å². The molecule has 0 saturated carbocycles. The first-order chi connectivity index (χ1) is 56.9. The van der Waals surface area contributed by atoms with E-state index in [-0.39, 0.29) is 108 Å². The average Bonchev–Trinajstić information content (AvgIpc) is 1.61. The van der Waals surface area contributed by atoms with E-state index in [9.17, 15) is 4.39 Å². The second-order valence-electron chi connectivity index (χ2n) is 31.5. The number of halogens is 7. The molecule has 0 fully saturated rings. The van der Waals surface area contributed by atoms with Gasteiger partial charge in [-0.25, -0.2) is 4.39 Å². The molecule has 0 radical (unpaired) electrons. The molecule has 624 valence electrons. The van der Waals surface area contributed by atoms with Crippen molar-refractivity contribution >= 4 is 171 Å². The van der Waals surface area contributed by atoms with Crippen LogP contribution >= 0.6 is 82.6 Å². The number of benzene rings is 7. The van der Waals surface area contributed by atoms with Crippen LogP contribution < -0.4 is 77.1 Å². The van der Waals surface area contributed by atoms with Gasteiger partial charge < -0.3 is 104 Å². The summed E-state index contributed by atoms with van der Waals surface area (Å²) in [6, 6.07) is 26.3. The molecule has 21 rings (SSSR count).